The first-order valence-electron chi connectivity index (χ1n) is 7.98. The highest BCUT2D eigenvalue weighted by atomic mass is 16.5. The van der Waals surface area contributed by atoms with Gasteiger partial charge in [-0.2, -0.15) is 5.10 Å². The third-order valence-electron chi connectivity index (χ3n) is 3.77. The summed E-state index contributed by atoms with van der Waals surface area (Å²) in [5.74, 6) is -0.910. The number of ether oxygens (including phenoxy) is 4. The number of carboxylic acids is 1. The predicted octanol–water partition coefficient (Wildman–Crippen LogP) is 0.848. The Morgan fingerprint density at radius 1 is 0.964 bits per heavy atom. The summed E-state index contributed by atoms with van der Waals surface area (Å²) in [6.07, 6.45) is 1.17. The lowest BCUT2D eigenvalue weighted by molar-refractivity contribution is -0.255. The molecule has 0 saturated carbocycles. The van der Waals surface area contributed by atoms with E-state index in [2.05, 4.69) is 10.5 Å². The van der Waals surface area contributed by atoms with Crippen LogP contribution in [0, 0.1) is 0 Å². The van der Waals surface area contributed by atoms with E-state index in [-0.39, 0.29) is 28.2 Å². The van der Waals surface area contributed by atoms with E-state index < -0.39 is 11.9 Å². The number of nitrogens with one attached hydrogen (secondary N) is 1. The van der Waals surface area contributed by atoms with Crippen molar-refractivity contribution >= 4 is 18.1 Å². The Morgan fingerprint density at radius 3 is 2.11 bits per heavy atom. The minimum Gasteiger partial charge on any atom is -0.545 e. The first-order valence-corrected chi connectivity index (χ1v) is 7.98. The number of aromatic carboxylic acids is 1. The Balaban J connectivity index is 2.28. The first-order chi connectivity index (χ1) is 13.4. The molecule has 0 saturated heterocycles. The molecule has 28 heavy (non-hydrogen) atoms. The van der Waals surface area contributed by atoms with Gasteiger partial charge in [0.05, 0.1) is 46.2 Å². The molecule has 9 heteroatoms. The zero-order valence-electron chi connectivity index (χ0n) is 15.8. The van der Waals surface area contributed by atoms with E-state index in [1.165, 1.54) is 58.9 Å². The van der Waals surface area contributed by atoms with Crippen LogP contribution in [-0.2, 0) is 0 Å². The third-order valence-corrected chi connectivity index (χ3v) is 3.77. The van der Waals surface area contributed by atoms with E-state index in [1.54, 1.807) is 6.07 Å². The lowest BCUT2D eigenvalue weighted by Crippen LogP contribution is -2.25. The van der Waals surface area contributed by atoms with Crippen molar-refractivity contribution in [3.63, 3.8) is 0 Å². The molecule has 0 atom stereocenters. The Hall–Kier alpha value is -3.75. The fraction of sp³-hybridized carbons (Fsp3) is 0.211. The van der Waals surface area contributed by atoms with Gasteiger partial charge < -0.3 is 28.8 Å². The summed E-state index contributed by atoms with van der Waals surface area (Å²) in [6, 6.07) is 7.61. The summed E-state index contributed by atoms with van der Waals surface area (Å²) in [5, 5.41) is 15.3. The lowest BCUT2D eigenvalue weighted by atomic mass is 10.1. The van der Waals surface area contributed by atoms with Crippen molar-refractivity contribution in [1.29, 1.82) is 0 Å². The molecule has 0 aliphatic rings. The van der Waals surface area contributed by atoms with E-state index in [0.717, 1.165) is 0 Å². The molecule has 1 N–H and O–H groups in total. The van der Waals surface area contributed by atoms with Crippen molar-refractivity contribution in [3.05, 3.63) is 47.0 Å². The van der Waals surface area contributed by atoms with Gasteiger partial charge in [0.25, 0.3) is 5.91 Å². The topological polar surface area (TPSA) is 119 Å². The molecule has 2 rings (SSSR count). The van der Waals surface area contributed by atoms with Crippen LogP contribution in [0.2, 0.25) is 0 Å². The Kier molecular flexibility index (Phi) is 6.80. The van der Waals surface area contributed by atoms with Gasteiger partial charge in [0, 0.05) is 17.2 Å². The van der Waals surface area contributed by atoms with Crippen LogP contribution in [0.25, 0.3) is 0 Å². The van der Waals surface area contributed by atoms with Crippen LogP contribution in [-0.4, -0.2) is 46.5 Å². The van der Waals surface area contributed by atoms with Gasteiger partial charge in [0.2, 0.25) is 0 Å². The second kappa shape index (κ2) is 9.26. The van der Waals surface area contributed by atoms with Crippen LogP contribution in [0.4, 0.5) is 0 Å². The highest BCUT2D eigenvalue weighted by Gasteiger charge is 2.15. The van der Waals surface area contributed by atoms with Crippen LogP contribution in [0.3, 0.4) is 0 Å². The van der Waals surface area contributed by atoms with Crippen molar-refractivity contribution in [2.75, 3.05) is 28.4 Å². The molecule has 9 nitrogen and oxygen atoms in total. The summed E-state index contributed by atoms with van der Waals surface area (Å²) < 4.78 is 20.4. The summed E-state index contributed by atoms with van der Waals surface area (Å²) >= 11 is 0. The average molecular weight is 387 g/mol. The average Bonchev–Trinajstić information content (AvgIpc) is 2.72. The summed E-state index contributed by atoms with van der Waals surface area (Å²) in [7, 11) is 5.62. The molecule has 0 bridgehead atoms. The number of hydrogen-bond donors (Lipinski definition) is 1. The normalized spacial score (nSPS) is 10.4. The van der Waals surface area contributed by atoms with Gasteiger partial charge in [0.15, 0.2) is 11.5 Å². The Bertz CT molecular complexity index is 887. The number of amides is 1. The van der Waals surface area contributed by atoms with Gasteiger partial charge in [-0.3, -0.25) is 4.79 Å². The van der Waals surface area contributed by atoms with E-state index in [1.807, 2.05) is 0 Å². The summed E-state index contributed by atoms with van der Waals surface area (Å²) in [5.41, 5.74) is 2.49. The van der Waals surface area contributed by atoms with Gasteiger partial charge in [-0.25, -0.2) is 5.43 Å². The summed E-state index contributed by atoms with van der Waals surface area (Å²) in [4.78, 5) is 23.8. The van der Waals surface area contributed by atoms with Crippen LogP contribution >= 0.6 is 0 Å². The highest BCUT2D eigenvalue weighted by molar-refractivity contribution is 6.01. The molecule has 2 aromatic rings. The fourth-order valence-electron chi connectivity index (χ4n) is 2.42. The maximum atomic E-state index is 12.3. The van der Waals surface area contributed by atoms with Crippen LogP contribution in [0.5, 0.6) is 23.0 Å². The SMILES string of the molecule is COc1cc(OC)cc(C(=O)N/N=C\c2ccc(OC)c(OC)c2C(=O)[O-])c1. The second-order valence-corrected chi connectivity index (χ2v) is 5.35. The monoisotopic (exact) mass is 387 g/mol. The quantitative estimate of drug-likeness (QED) is 0.527. The van der Waals surface area contributed by atoms with Crippen LogP contribution < -0.4 is 29.5 Å². The maximum Gasteiger partial charge on any atom is 0.271 e. The van der Waals surface area contributed by atoms with E-state index in [4.69, 9.17) is 18.9 Å². The van der Waals surface area contributed by atoms with E-state index >= 15 is 0 Å². The molecule has 148 valence electrons. The highest BCUT2D eigenvalue weighted by Crippen LogP contribution is 2.32. The largest absolute Gasteiger partial charge is 0.545 e. The van der Waals surface area contributed by atoms with Gasteiger partial charge in [-0.15, -0.1) is 0 Å². The zero-order chi connectivity index (χ0) is 20.7. The molecule has 0 radical (unpaired) electrons. The lowest BCUT2D eigenvalue weighted by Gasteiger charge is -2.15. The van der Waals surface area contributed by atoms with E-state index in [0.29, 0.717) is 11.5 Å². The fourth-order valence-corrected chi connectivity index (χ4v) is 2.42. The van der Waals surface area contributed by atoms with Crippen molar-refractivity contribution in [1.82, 2.24) is 5.43 Å². The molecular formula is C19H19N2O7-. The maximum absolute atomic E-state index is 12.3. The van der Waals surface area contributed by atoms with Gasteiger partial charge >= 0.3 is 0 Å². The number of methoxy groups -OCH3 is 4. The van der Waals surface area contributed by atoms with Gasteiger partial charge in [0.1, 0.15) is 11.5 Å². The van der Waals surface area contributed by atoms with Crippen molar-refractivity contribution < 1.29 is 33.6 Å². The summed E-state index contributed by atoms with van der Waals surface area (Å²) in [6.45, 7) is 0. The molecular weight excluding hydrogens is 368 g/mol. The predicted molar refractivity (Wildman–Crippen MR) is 98.5 cm³/mol. The van der Waals surface area contributed by atoms with Crippen LogP contribution in [0.15, 0.2) is 35.4 Å². The Morgan fingerprint density at radius 2 is 1.61 bits per heavy atom. The number of carbonyl (C=O) groups excluding carboxylic acids is 2. The molecule has 0 aliphatic carbocycles. The molecule has 1 amide bonds. The second-order valence-electron chi connectivity index (χ2n) is 5.35. The molecule has 0 fully saturated rings. The Labute approximate surface area is 161 Å². The number of nitrogens with zero attached hydrogens (tertiary/aromatic N) is 1. The molecule has 0 spiro atoms. The van der Waals surface area contributed by atoms with Gasteiger partial charge in [-0.1, -0.05) is 0 Å². The number of hydrogen-bond acceptors (Lipinski definition) is 8. The van der Waals surface area contributed by atoms with Crippen molar-refractivity contribution in [3.8, 4) is 23.0 Å². The number of rotatable bonds is 8. The molecule has 2 aromatic carbocycles. The van der Waals surface area contributed by atoms with Crippen LogP contribution in [0.1, 0.15) is 26.3 Å². The molecule has 0 unspecified atom stereocenters. The minimum atomic E-state index is -1.47. The zero-order valence-corrected chi connectivity index (χ0v) is 15.8. The van der Waals surface area contributed by atoms with E-state index in [9.17, 15) is 14.7 Å². The minimum absolute atomic E-state index is 0.00434. The number of benzene rings is 2. The molecule has 0 heterocycles. The van der Waals surface area contributed by atoms with Gasteiger partial charge in [-0.05, 0) is 24.3 Å². The van der Waals surface area contributed by atoms with Crippen molar-refractivity contribution in [2.45, 2.75) is 0 Å². The van der Waals surface area contributed by atoms with Crippen molar-refractivity contribution in [2.24, 2.45) is 5.10 Å². The number of hydrazone groups is 1. The molecule has 0 aromatic heterocycles. The first kappa shape index (κ1) is 20.6. The smallest absolute Gasteiger partial charge is 0.271 e. The standard InChI is InChI=1S/C19H20N2O7/c1-25-13-7-12(8-14(9-13)26-2)18(22)21-20-10-11-5-6-15(27-3)17(28-4)16(11)19(23)24/h5-10H,1-4H3,(H,21,22)(H,23,24)/p-1/b20-10-. The molecule has 0 aliphatic heterocycles. The third kappa shape index (κ3) is 4.50. The number of carboxylic acid groups (broad SMARTS) is 1. The number of carbonyl (C=O) groups is 2.